The Kier molecular flexibility index (Phi) is 5.34. The largest absolute Gasteiger partial charge is 0.478 e. The fourth-order valence-corrected chi connectivity index (χ4v) is 4.15. The lowest BCUT2D eigenvalue weighted by Crippen LogP contribution is -2.06. The number of aromatic carboxylic acids is 1. The standard InChI is InChI=1S/C23H15ClO4S/c24-17-9-6-14(7-10-17)5-8-16-13-29-21(22(16)23(26)27)12-18(25)20-11-15-3-1-2-4-19(15)28-20/h1-11,13H,12H2,(H,26,27)/b8-5+. The summed E-state index contributed by atoms with van der Waals surface area (Å²) in [7, 11) is 0. The lowest BCUT2D eigenvalue weighted by molar-refractivity contribution is 0.0696. The summed E-state index contributed by atoms with van der Waals surface area (Å²) in [5, 5.41) is 12.9. The van der Waals surface area contributed by atoms with E-state index in [1.54, 1.807) is 35.7 Å². The second-order valence-corrected chi connectivity index (χ2v) is 7.83. The first-order valence-electron chi connectivity index (χ1n) is 8.80. The van der Waals surface area contributed by atoms with Gasteiger partial charge < -0.3 is 9.52 Å². The first kappa shape index (κ1) is 19.2. The van der Waals surface area contributed by atoms with Gasteiger partial charge in [0, 0.05) is 21.7 Å². The molecule has 0 saturated heterocycles. The summed E-state index contributed by atoms with van der Waals surface area (Å²) in [6, 6.07) is 16.3. The summed E-state index contributed by atoms with van der Waals surface area (Å²) in [6.45, 7) is 0. The maximum absolute atomic E-state index is 12.7. The summed E-state index contributed by atoms with van der Waals surface area (Å²) in [5.74, 6) is -1.08. The third-order valence-electron chi connectivity index (χ3n) is 4.46. The lowest BCUT2D eigenvalue weighted by Gasteiger charge is -2.00. The molecule has 6 heteroatoms. The van der Waals surface area contributed by atoms with E-state index in [1.807, 2.05) is 36.4 Å². The molecular weight excluding hydrogens is 408 g/mol. The molecule has 0 unspecified atom stereocenters. The molecule has 0 saturated carbocycles. The van der Waals surface area contributed by atoms with E-state index < -0.39 is 5.97 Å². The number of hydrogen-bond acceptors (Lipinski definition) is 4. The molecular formula is C23H15ClO4S. The van der Waals surface area contributed by atoms with E-state index in [0.717, 1.165) is 10.9 Å². The van der Waals surface area contributed by atoms with E-state index in [0.29, 0.717) is 21.0 Å². The Labute approximate surface area is 175 Å². The average molecular weight is 423 g/mol. The smallest absolute Gasteiger partial charge is 0.337 e. The molecule has 2 heterocycles. The topological polar surface area (TPSA) is 67.5 Å². The zero-order valence-corrected chi connectivity index (χ0v) is 16.7. The number of halogens is 1. The van der Waals surface area contributed by atoms with Crippen LogP contribution in [0, 0.1) is 0 Å². The predicted molar refractivity (Wildman–Crippen MR) is 116 cm³/mol. The monoisotopic (exact) mass is 422 g/mol. The molecule has 1 N–H and O–H groups in total. The molecule has 2 aromatic heterocycles. The van der Waals surface area contributed by atoms with Crippen molar-refractivity contribution in [1.29, 1.82) is 0 Å². The molecule has 4 aromatic rings. The molecule has 0 aliphatic heterocycles. The Balaban J connectivity index is 1.59. The van der Waals surface area contributed by atoms with Crippen molar-refractivity contribution >= 4 is 57.8 Å². The van der Waals surface area contributed by atoms with Gasteiger partial charge in [-0.05, 0) is 40.8 Å². The number of hydrogen-bond donors (Lipinski definition) is 1. The molecule has 0 spiro atoms. The van der Waals surface area contributed by atoms with Gasteiger partial charge in [0.2, 0.25) is 5.78 Å². The van der Waals surface area contributed by atoms with Gasteiger partial charge in [0.25, 0.3) is 0 Å². The highest BCUT2D eigenvalue weighted by Crippen LogP contribution is 2.28. The molecule has 29 heavy (non-hydrogen) atoms. The number of carboxylic acid groups (broad SMARTS) is 1. The van der Waals surface area contributed by atoms with Crippen LogP contribution in [-0.4, -0.2) is 16.9 Å². The SMILES string of the molecule is O=C(Cc1scc(/C=C/c2ccc(Cl)cc2)c1C(=O)O)c1cc2ccccc2o1. The van der Waals surface area contributed by atoms with Crippen LogP contribution in [0.3, 0.4) is 0 Å². The number of thiophene rings is 1. The van der Waals surface area contributed by atoms with Crippen LogP contribution in [0.25, 0.3) is 23.1 Å². The normalized spacial score (nSPS) is 11.3. The summed E-state index contributed by atoms with van der Waals surface area (Å²) in [5.41, 5.74) is 2.23. The molecule has 0 bridgehead atoms. The van der Waals surface area contributed by atoms with Crippen LogP contribution in [0.5, 0.6) is 0 Å². The molecule has 0 fully saturated rings. The van der Waals surface area contributed by atoms with Crippen molar-refractivity contribution in [3.8, 4) is 0 Å². The summed E-state index contributed by atoms with van der Waals surface area (Å²) in [6.07, 6.45) is 3.52. The minimum absolute atomic E-state index is 0.0269. The highest BCUT2D eigenvalue weighted by molar-refractivity contribution is 7.10. The first-order chi connectivity index (χ1) is 14.0. The van der Waals surface area contributed by atoms with Crippen LogP contribution < -0.4 is 0 Å². The van der Waals surface area contributed by atoms with Crippen molar-refractivity contribution in [3.63, 3.8) is 0 Å². The van der Waals surface area contributed by atoms with Gasteiger partial charge >= 0.3 is 5.97 Å². The molecule has 4 rings (SSSR count). The second kappa shape index (κ2) is 8.07. The van der Waals surface area contributed by atoms with Crippen LogP contribution in [0.15, 0.2) is 64.4 Å². The average Bonchev–Trinajstić information content (AvgIpc) is 3.31. The van der Waals surface area contributed by atoms with Gasteiger partial charge in [-0.3, -0.25) is 4.79 Å². The van der Waals surface area contributed by atoms with Crippen molar-refractivity contribution in [2.24, 2.45) is 0 Å². The Morgan fingerprint density at radius 2 is 1.83 bits per heavy atom. The van der Waals surface area contributed by atoms with Gasteiger partial charge in [0.05, 0.1) is 5.56 Å². The summed E-state index contributed by atoms with van der Waals surface area (Å²) >= 11 is 7.14. The molecule has 0 amide bonds. The fourth-order valence-electron chi connectivity index (χ4n) is 3.02. The fraction of sp³-hybridized carbons (Fsp3) is 0.0435. The van der Waals surface area contributed by atoms with Crippen LogP contribution in [-0.2, 0) is 6.42 Å². The van der Waals surface area contributed by atoms with Crippen molar-refractivity contribution < 1.29 is 19.1 Å². The molecule has 2 aromatic carbocycles. The number of furan rings is 1. The van der Waals surface area contributed by atoms with E-state index in [4.69, 9.17) is 16.0 Å². The van der Waals surface area contributed by atoms with Crippen LogP contribution in [0.2, 0.25) is 5.02 Å². The third kappa shape index (κ3) is 4.16. The second-order valence-electron chi connectivity index (χ2n) is 6.43. The number of carboxylic acids is 1. The number of carbonyl (C=O) groups excluding carboxylic acids is 1. The van der Waals surface area contributed by atoms with E-state index in [1.165, 1.54) is 11.3 Å². The number of benzene rings is 2. The van der Waals surface area contributed by atoms with Crippen molar-refractivity contribution in [2.45, 2.75) is 6.42 Å². The number of fused-ring (bicyclic) bond motifs is 1. The Hall–Kier alpha value is -3.15. The highest BCUT2D eigenvalue weighted by atomic mass is 35.5. The molecule has 4 nitrogen and oxygen atoms in total. The first-order valence-corrected chi connectivity index (χ1v) is 10.1. The summed E-state index contributed by atoms with van der Waals surface area (Å²) < 4.78 is 5.61. The number of carbonyl (C=O) groups is 2. The number of rotatable bonds is 6. The van der Waals surface area contributed by atoms with Crippen molar-refractivity contribution in [2.75, 3.05) is 0 Å². The van der Waals surface area contributed by atoms with E-state index in [-0.39, 0.29) is 23.5 Å². The van der Waals surface area contributed by atoms with Crippen LogP contribution >= 0.6 is 22.9 Å². The number of ketones is 1. The van der Waals surface area contributed by atoms with E-state index in [2.05, 4.69) is 0 Å². The predicted octanol–water partition coefficient (Wildman–Crippen LogP) is 6.44. The Bertz CT molecular complexity index is 1200. The Morgan fingerprint density at radius 3 is 2.55 bits per heavy atom. The summed E-state index contributed by atoms with van der Waals surface area (Å²) in [4.78, 5) is 25.0. The zero-order valence-electron chi connectivity index (χ0n) is 15.1. The van der Waals surface area contributed by atoms with Gasteiger partial charge in [-0.15, -0.1) is 11.3 Å². The zero-order chi connectivity index (χ0) is 20.4. The van der Waals surface area contributed by atoms with E-state index in [9.17, 15) is 14.7 Å². The van der Waals surface area contributed by atoms with Gasteiger partial charge in [-0.2, -0.15) is 0 Å². The molecule has 144 valence electrons. The molecule has 0 aliphatic carbocycles. The minimum Gasteiger partial charge on any atom is -0.478 e. The highest BCUT2D eigenvalue weighted by Gasteiger charge is 2.21. The van der Waals surface area contributed by atoms with Gasteiger partial charge in [-0.1, -0.05) is 54.1 Å². The van der Waals surface area contributed by atoms with Gasteiger partial charge in [0.15, 0.2) is 5.76 Å². The lowest BCUT2D eigenvalue weighted by atomic mass is 10.1. The van der Waals surface area contributed by atoms with Gasteiger partial charge in [0.1, 0.15) is 5.58 Å². The quantitative estimate of drug-likeness (QED) is 0.363. The van der Waals surface area contributed by atoms with Crippen molar-refractivity contribution in [1.82, 2.24) is 0 Å². The van der Waals surface area contributed by atoms with Gasteiger partial charge in [-0.25, -0.2) is 4.79 Å². The maximum atomic E-state index is 12.7. The van der Waals surface area contributed by atoms with Crippen LogP contribution in [0.1, 0.15) is 36.9 Å². The van der Waals surface area contributed by atoms with Crippen LogP contribution in [0.4, 0.5) is 0 Å². The maximum Gasteiger partial charge on any atom is 0.337 e. The minimum atomic E-state index is -1.06. The molecule has 0 aliphatic rings. The Morgan fingerprint density at radius 1 is 1.07 bits per heavy atom. The molecule has 0 atom stereocenters. The number of para-hydroxylation sites is 1. The van der Waals surface area contributed by atoms with Crippen molar-refractivity contribution in [3.05, 3.63) is 92.3 Å². The third-order valence-corrected chi connectivity index (χ3v) is 5.71. The number of Topliss-reactive ketones (excluding diaryl/α,β-unsaturated/α-hetero) is 1. The van der Waals surface area contributed by atoms with E-state index >= 15 is 0 Å². The molecule has 0 radical (unpaired) electrons.